The zero-order valence-electron chi connectivity index (χ0n) is 13.0. The van der Waals surface area contributed by atoms with E-state index in [0.29, 0.717) is 11.9 Å². The highest BCUT2D eigenvalue weighted by atomic mass is 35.5. The summed E-state index contributed by atoms with van der Waals surface area (Å²) in [5.74, 6) is 2.63. The van der Waals surface area contributed by atoms with Crippen LogP contribution in [0.4, 0.5) is 0 Å². The molecule has 0 atom stereocenters. The number of hydrogen-bond acceptors (Lipinski definition) is 2. The molecule has 3 rings (SSSR count). The molecule has 0 radical (unpaired) electrons. The van der Waals surface area contributed by atoms with Crippen molar-refractivity contribution in [1.29, 1.82) is 0 Å². The molecule has 1 saturated carbocycles. The quantitative estimate of drug-likeness (QED) is 0.769. The molecule has 1 aliphatic carbocycles. The van der Waals surface area contributed by atoms with Crippen LogP contribution in [0.3, 0.4) is 0 Å². The molecule has 1 fully saturated rings. The Morgan fingerprint density at radius 2 is 1.95 bits per heavy atom. The molecule has 0 aromatic carbocycles. The van der Waals surface area contributed by atoms with Gasteiger partial charge >= 0.3 is 0 Å². The minimum Gasteiger partial charge on any atom is -0.310 e. The van der Waals surface area contributed by atoms with Crippen LogP contribution in [0, 0.1) is 12.8 Å². The molecule has 0 bridgehead atoms. The van der Waals surface area contributed by atoms with Crippen LogP contribution in [-0.4, -0.2) is 20.4 Å². The van der Waals surface area contributed by atoms with Crippen LogP contribution in [-0.2, 0) is 6.42 Å². The molecule has 21 heavy (non-hydrogen) atoms. The average Bonchev–Trinajstić information content (AvgIpc) is 2.85. The van der Waals surface area contributed by atoms with Crippen molar-refractivity contribution in [2.75, 3.05) is 5.88 Å². The molecule has 4 heteroatoms. The standard InChI is InChI=1S/C17H24ClN3/c1-3-13-5-7-14(8-6-13)21-16(10-11-18)20-15-9-4-12(2)19-17(15)21/h4,9,13-14H,3,5-8,10-11H2,1-2H3. The van der Waals surface area contributed by atoms with Gasteiger partial charge in [-0.25, -0.2) is 9.97 Å². The third kappa shape index (κ3) is 2.94. The molecule has 1 aliphatic rings. The fraction of sp³-hybridized carbons (Fsp3) is 0.647. The normalized spacial score (nSPS) is 22.8. The van der Waals surface area contributed by atoms with Crippen molar-refractivity contribution in [3.8, 4) is 0 Å². The maximum atomic E-state index is 5.98. The highest BCUT2D eigenvalue weighted by molar-refractivity contribution is 6.17. The van der Waals surface area contributed by atoms with Crippen LogP contribution in [0.15, 0.2) is 12.1 Å². The molecule has 3 nitrogen and oxygen atoms in total. The number of alkyl halides is 1. The maximum Gasteiger partial charge on any atom is 0.160 e. The van der Waals surface area contributed by atoms with Crippen molar-refractivity contribution in [2.45, 2.75) is 58.4 Å². The molecule has 2 aromatic heterocycles. The van der Waals surface area contributed by atoms with Gasteiger partial charge in [0.05, 0.1) is 0 Å². The van der Waals surface area contributed by atoms with Gasteiger partial charge in [-0.2, -0.15) is 0 Å². The summed E-state index contributed by atoms with van der Waals surface area (Å²) < 4.78 is 2.39. The van der Waals surface area contributed by atoms with Gasteiger partial charge in [-0.1, -0.05) is 13.3 Å². The zero-order chi connectivity index (χ0) is 14.8. The zero-order valence-corrected chi connectivity index (χ0v) is 13.7. The van der Waals surface area contributed by atoms with Crippen molar-refractivity contribution in [2.24, 2.45) is 5.92 Å². The van der Waals surface area contributed by atoms with E-state index in [4.69, 9.17) is 21.6 Å². The number of fused-ring (bicyclic) bond motifs is 1. The molecule has 2 heterocycles. The van der Waals surface area contributed by atoms with Crippen molar-refractivity contribution >= 4 is 22.8 Å². The largest absolute Gasteiger partial charge is 0.310 e. The van der Waals surface area contributed by atoms with Crippen molar-refractivity contribution in [3.05, 3.63) is 23.7 Å². The predicted octanol–water partition coefficient (Wildman–Crippen LogP) is 4.66. The van der Waals surface area contributed by atoms with E-state index >= 15 is 0 Å². The van der Waals surface area contributed by atoms with Crippen LogP contribution in [0.5, 0.6) is 0 Å². The van der Waals surface area contributed by atoms with Crippen molar-refractivity contribution < 1.29 is 0 Å². The molecule has 0 amide bonds. The van der Waals surface area contributed by atoms with Gasteiger partial charge in [0.15, 0.2) is 5.65 Å². The molecule has 0 saturated heterocycles. The van der Waals surface area contributed by atoms with E-state index in [1.54, 1.807) is 0 Å². The molecule has 0 unspecified atom stereocenters. The number of aromatic nitrogens is 3. The minimum absolute atomic E-state index is 0.547. The van der Waals surface area contributed by atoms with Gasteiger partial charge in [0.1, 0.15) is 11.3 Å². The fourth-order valence-electron chi connectivity index (χ4n) is 3.57. The van der Waals surface area contributed by atoms with Crippen LogP contribution in [0.2, 0.25) is 0 Å². The lowest BCUT2D eigenvalue weighted by Gasteiger charge is -2.30. The Kier molecular flexibility index (Phi) is 4.48. The molecule has 0 aliphatic heterocycles. The van der Waals surface area contributed by atoms with Crippen LogP contribution in [0.1, 0.15) is 56.6 Å². The second-order valence-electron chi connectivity index (χ2n) is 6.22. The number of pyridine rings is 1. The highest BCUT2D eigenvalue weighted by Crippen LogP contribution is 2.36. The number of aryl methyl sites for hydroxylation is 2. The summed E-state index contributed by atoms with van der Waals surface area (Å²) in [5.41, 5.74) is 3.12. The minimum atomic E-state index is 0.547. The van der Waals surface area contributed by atoms with Crippen molar-refractivity contribution in [1.82, 2.24) is 14.5 Å². The third-order valence-corrected chi connectivity index (χ3v) is 5.02. The molecule has 114 valence electrons. The average molecular weight is 306 g/mol. The maximum absolute atomic E-state index is 5.98. The lowest BCUT2D eigenvalue weighted by atomic mass is 9.84. The summed E-state index contributed by atoms with van der Waals surface area (Å²) >= 11 is 5.98. The number of nitrogens with zero attached hydrogens (tertiary/aromatic N) is 3. The summed E-state index contributed by atoms with van der Waals surface area (Å²) in [6, 6.07) is 4.67. The van der Waals surface area contributed by atoms with E-state index in [-0.39, 0.29) is 0 Å². The van der Waals surface area contributed by atoms with E-state index in [0.717, 1.165) is 35.0 Å². The Labute approximate surface area is 131 Å². The number of imidazole rings is 1. The second-order valence-corrected chi connectivity index (χ2v) is 6.59. The predicted molar refractivity (Wildman–Crippen MR) is 88.0 cm³/mol. The highest BCUT2D eigenvalue weighted by Gasteiger charge is 2.25. The Hall–Kier alpha value is -1.09. The van der Waals surface area contributed by atoms with Gasteiger partial charge in [-0.15, -0.1) is 11.6 Å². The van der Waals surface area contributed by atoms with Gasteiger partial charge in [0.2, 0.25) is 0 Å². The smallest absolute Gasteiger partial charge is 0.160 e. The van der Waals surface area contributed by atoms with Gasteiger partial charge in [-0.3, -0.25) is 0 Å². The summed E-state index contributed by atoms with van der Waals surface area (Å²) in [6.07, 6.45) is 7.28. The van der Waals surface area contributed by atoms with Gasteiger partial charge in [0.25, 0.3) is 0 Å². The van der Waals surface area contributed by atoms with Crippen molar-refractivity contribution in [3.63, 3.8) is 0 Å². The molecular weight excluding hydrogens is 282 g/mol. The van der Waals surface area contributed by atoms with Crippen LogP contribution in [0.25, 0.3) is 11.2 Å². The first-order chi connectivity index (χ1) is 10.2. The fourth-order valence-corrected chi connectivity index (χ4v) is 3.74. The van der Waals surface area contributed by atoms with Crippen LogP contribution >= 0.6 is 11.6 Å². The number of hydrogen-bond donors (Lipinski definition) is 0. The topological polar surface area (TPSA) is 30.7 Å². The Morgan fingerprint density at radius 3 is 2.62 bits per heavy atom. The number of halogens is 1. The van der Waals surface area contributed by atoms with Gasteiger partial charge < -0.3 is 4.57 Å². The first-order valence-electron chi connectivity index (χ1n) is 8.13. The SMILES string of the molecule is CCC1CCC(n2c(CCCl)nc3ccc(C)nc32)CC1. The number of rotatable bonds is 4. The Morgan fingerprint density at radius 1 is 1.19 bits per heavy atom. The molecule has 0 spiro atoms. The van der Waals surface area contributed by atoms with E-state index in [1.807, 2.05) is 13.0 Å². The Balaban J connectivity index is 1.98. The van der Waals surface area contributed by atoms with E-state index in [2.05, 4.69) is 17.6 Å². The molecule has 2 aromatic rings. The first kappa shape index (κ1) is 14.8. The molecule has 0 N–H and O–H groups in total. The van der Waals surface area contributed by atoms with E-state index < -0.39 is 0 Å². The summed E-state index contributed by atoms with van der Waals surface area (Å²) in [6.45, 7) is 4.35. The molecular formula is C17H24ClN3. The summed E-state index contributed by atoms with van der Waals surface area (Å²) in [4.78, 5) is 9.52. The lowest BCUT2D eigenvalue weighted by molar-refractivity contribution is 0.269. The second kappa shape index (κ2) is 6.35. The third-order valence-electron chi connectivity index (χ3n) is 4.83. The van der Waals surface area contributed by atoms with Gasteiger partial charge in [-0.05, 0) is 50.7 Å². The van der Waals surface area contributed by atoms with E-state index in [1.165, 1.54) is 32.1 Å². The summed E-state index contributed by atoms with van der Waals surface area (Å²) in [7, 11) is 0. The summed E-state index contributed by atoms with van der Waals surface area (Å²) in [5, 5.41) is 0. The van der Waals surface area contributed by atoms with Gasteiger partial charge in [0, 0.05) is 24.0 Å². The monoisotopic (exact) mass is 305 g/mol. The van der Waals surface area contributed by atoms with E-state index in [9.17, 15) is 0 Å². The lowest BCUT2D eigenvalue weighted by Crippen LogP contribution is -2.20. The first-order valence-corrected chi connectivity index (χ1v) is 8.66. The van der Waals surface area contributed by atoms with Crippen LogP contribution < -0.4 is 0 Å². The Bertz CT molecular complexity index is 612.